The van der Waals surface area contributed by atoms with Crippen LogP contribution in [-0.4, -0.2) is 41.3 Å². The molecule has 0 spiro atoms. The Labute approximate surface area is 201 Å². The van der Waals surface area contributed by atoms with Crippen molar-refractivity contribution in [2.24, 2.45) is 13.0 Å². The van der Waals surface area contributed by atoms with Gasteiger partial charge in [-0.15, -0.1) is 0 Å². The van der Waals surface area contributed by atoms with Crippen LogP contribution >= 0.6 is 0 Å². The van der Waals surface area contributed by atoms with Crippen molar-refractivity contribution in [1.82, 2.24) is 19.2 Å². The summed E-state index contributed by atoms with van der Waals surface area (Å²) in [4.78, 5) is 18.0. The van der Waals surface area contributed by atoms with Crippen molar-refractivity contribution in [2.45, 2.75) is 43.5 Å². The predicted octanol–water partition coefficient (Wildman–Crippen LogP) is 3.85. The van der Waals surface area contributed by atoms with Crippen LogP contribution in [0.2, 0.25) is 0 Å². The van der Waals surface area contributed by atoms with E-state index < -0.39 is 10.0 Å². The molecule has 0 saturated carbocycles. The smallest absolute Gasteiger partial charge is 0.243 e. The van der Waals surface area contributed by atoms with E-state index in [9.17, 15) is 13.2 Å². The van der Waals surface area contributed by atoms with Crippen molar-refractivity contribution in [3.05, 3.63) is 83.9 Å². The van der Waals surface area contributed by atoms with E-state index in [4.69, 9.17) is 0 Å². The molecular formula is C26H32N4O3S. The van der Waals surface area contributed by atoms with Gasteiger partial charge in [-0.1, -0.05) is 56.3 Å². The second-order valence-corrected chi connectivity index (χ2v) is 11.1. The summed E-state index contributed by atoms with van der Waals surface area (Å²) in [7, 11) is -1.67. The summed E-state index contributed by atoms with van der Waals surface area (Å²) in [5, 5.41) is 3.16. The normalized spacial score (nSPS) is 16.5. The van der Waals surface area contributed by atoms with E-state index in [1.165, 1.54) is 4.31 Å². The topological polar surface area (TPSA) is 84.3 Å². The minimum atomic E-state index is -3.57. The van der Waals surface area contributed by atoms with E-state index in [2.05, 4.69) is 24.1 Å². The molecule has 1 fully saturated rings. The quantitative estimate of drug-likeness (QED) is 0.557. The van der Waals surface area contributed by atoms with Gasteiger partial charge in [0.2, 0.25) is 15.9 Å². The Morgan fingerprint density at radius 2 is 1.65 bits per heavy atom. The number of piperidine rings is 1. The highest BCUT2D eigenvalue weighted by Crippen LogP contribution is 2.27. The molecule has 7 nitrogen and oxygen atoms in total. The number of rotatable bonds is 7. The zero-order valence-corrected chi connectivity index (χ0v) is 20.7. The number of hydrogen-bond donors (Lipinski definition) is 1. The summed E-state index contributed by atoms with van der Waals surface area (Å²) in [6.07, 6.45) is 4.54. The number of sulfonamides is 1. The van der Waals surface area contributed by atoms with Crippen LogP contribution in [0.4, 0.5) is 0 Å². The average Bonchev–Trinajstić information content (AvgIpc) is 3.28. The number of nitrogens with one attached hydrogen (secondary N) is 1. The molecule has 2 aromatic carbocycles. The Morgan fingerprint density at radius 1 is 1.00 bits per heavy atom. The molecule has 0 radical (unpaired) electrons. The second kappa shape index (κ2) is 10.1. The molecule has 8 heteroatoms. The molecular weight excluding hydrogens is 448 g/mol. The highest BCUT2D eigenvalue weighted by Gasteiger charge is 2.33. The molecule has 1 aliphatic heterocycles. The number of carbonyl (C=O) groups is 1. The number of aromatic nitrogens is 2. The molecule has 1 atom stereocenters. The van der Waals surface area contributed by atoms with Crippen molar-refractivity contribution in [2.75, 3.05) is 13.1 Å². The molecule has 1 amide bonds. The van der Waals surface area contributed by atoms with Gasteiger partial charge < -0.3 is 9.88 Å². The molecule has 0 unspecified atom stereocenters. The molecule has 34 heavy (non-hydrogen) atoms. The SMILES string of the molecule is CC(C)c1ccc(S(=O)(=O)N2CCC(C(=O)N[C@H](c3ccccc3)c3nccn3C)CC2)cc1. The van der Waals surface area contributed by atoms with Crippen molar-refractivity contribution in [3.63, 3.8) is 0 Å². The molecule has 0 bridgehead atoms. The maximum absolute atomic E-state index is 13.2. The van der Waals surface area contributed by atoms with Gasteiger partial charge in [0, 0.05) is 38.4 Å². The predicted molar refractivity (Wildman–Crippen MR) is 132 cm³/mol. The van der Waals surface area contributed by atoms with Crippen LogP contribution in [0.15, 0.2) is 71.9 Å². The van der Waals surface area contributed by atoms with Gasteiger partial charge >= 0.3 is 0 Å². The highest BCUT2D eigenvalue weighted by molar-refractivity contribution is 7.89. The summed E-state index contributed by atoms with van der Waals surface area (Å²) >= 11 is 0. The van der Waals surface area contributed by atoms with E-state index >= 15 is 0 Å². The molecule has 2 heterocycles. The van der Waals surface area contributed by atoms with Gasteiger partial charge in [-0.3, -0.25) is 4.79 Å². The molecule has 1 saturated heterocycles. The number of carbonyl (C=O) groups excluding carboxylic acids is 1. The molecule has 1 aliphatic rings. The monoisotopic (exact) mass is 480 g/mol. The van der Waals surface area contributed by atoms with Crippen LogP contribution in [0.1, 0.15) is 55.6 Å². The van der Waals surface area contributed by atoms with Crippen LogP contribution in [0.5, 0.6) is 0 Å². The average molecular weight is 481 g/mol. The minimum Gasteiger partial charge on any atom is -0.342 e. The third-order valence-corrected chi connectivity index (χ3v) is 8.46. The summed E-state index contributed by atoms with van der Waals surface area (Å²) in [6, 6.07) is 16.5. The van der Waals surface area contributed by atoms with Crippen molar-refractivity contribution >= 4 is 15.9 Å². The first kappa shape index (κ1) is 24.2. The standard InChI is InChI=1S/C26H32N4O3S/c1-19(2)20-9-11-23(12-10-20)34(32,33)30-16-13-22(14-17-30)26(31)28-24(21-7-5-4-6-8-21)25-27-15-18-29(25)3/h4-12,15,18-19,22,24H,13-14,16-17H2,1-3H3,(H,28,31)/t24-/m1/s1. The lowest BCUT2D eigenvalue weighted by molar-refractivity contribution is -0.126. The van der Waals surface area contributed by atoms with Gasteiger partial charge in [-0.25, -0.2) is 13.4 Å². The van der Waals surface area contributed by atoms with Gasteiger partial charge in [-0.05, 0) is 42.0 Å². The molecule has 0 aliphatic carbocycles. The number of benzene rings is 2. The van der Waals surface area contributed by atoms with Crippen LogP contribution in [0, 0.1) is 5.92 Å². The van der Waals surface area contributed by atoms with Crippen LogP contribution < -0.4 is 5.32 Å². The van der Waals surface area contributed by atoms with Crippen molar-refractivity contribution in [1.29, 1.82) is 0 Å². The van der Waals surface area contributed by atoms with Gasteiger partial charge in [0.25, 0.3) is 0 Å². The van der Waals surface area contributed by atoms with Crippen molar-refractivity contribution < 1.29 is 13.2 Å². The molecule has 180 valence electrons. The maximum atomic E-state index is 13.2. The summed E-state index contributed by atoms with van der Waals surface area (Å²) in [6.45, 7) is 4.81. The van der Waals surface area contributed by atoms with Crippen LogP contribution in [-0.2, 0) is 21.9 Å². The number of amides is 1. The lowest BCUT2D eigenvalue weighted by Crippen LogP contribution is -2.44. The van der Waals surface area contributed by atoms with Crippen LogP contribution in [0.3, 0.4) is 0 Å². The van der Waals surface area contributed by atoms with E-state index in [0.717, 1.165) is 17.0 Å². The Hall–Kier alpha value is -2.97. The van der Waals surface area contributed by atoms with Gasteiger partial charge in [0.15, 0.2) is 0 Å². The Kier molecular flexibility index (Phi) is 7.19. The second-order valence-electron chi connectivity index (χ2n) is 9.15. The van der Waals surface area contributed by atoms with Crippen molar-refractivity contribution in [3.8, 4) is 0 Å². The Bertz CT molecular complexity index is 1210. The third-order valence-electron chi connectivity index (χ3n) is 6.55. The van der Waals surface area contributed by atoms with Gasteiger partial charge in [-0.2, -0.15) is 4.31 Å². The molecule has 1 N–H and O–H groups in total. The van der Waals surface area contributed by atoms with Gasteiger partial charge in [0.05, 0.1) is 4.90 Å². The maximum Gasteiger partial charge on any atom is 0.243 e. The van der Waals surface area contributed by atoms with E-state index in [1.54, 1.807) is 18.3 Å². The fraction of sp³-hybridized carbons (Fsp3) is 0.385. The number of aryl methyl sites for hydroxylation is 1. The zero-order chi connectivity index (χ0) is 24.3. The first-order valence-corrected chi connectivity index (χ1v) is 13.1. The highest BCUT2D eigenvalue weighted by atomic mass is 32.2. The molecule has 3 aromatic rings. The Morgan fingerprint density at radius 3 is 2.21 bits per heavy atom. The number of imidazole rings is 1. The zero-order valence-electron chi connectivity index (χ0n) is 19.9. The first-order valence-electron chi connectivity index (χ1n) is 11.7. The Balaban J connectivity index is 1.43. The minimum absolute atomic E-state index is 0.0739. The first-order chi connectivity index (χ1) is 16.3. The van der Waals surface area contributed by atoms with Gasteiger partial charge in [0.1, 0.15) is 11.9 Å². The van der Waals surface area contributed by atoms with E-state index in [-0.39, 0.29) is 17.9 Å². The van der Waals surface area contributed by atoms with E-state index in [1.807, 2.05) is 60.3 Å². The summed E-state index contributed by atoms with van der Waals surface area (Å²) < 4.78 is 29.6. The summed E-state index contributed by atoms with van der Waals surface area (Å²) in [5.41, 5.74) is 2.06. The summed E-state index contributed by atoms with van der Waals surface area (Å²) in [5.74, 6) is 0.775. The molecule has 4 rings (SSSR count). The third kappa shape index (κ3) is 5.08. The largest absolute Gasteiger partial charge is 0.342 e. The van der Waals surface area contributed by atoms with Crippen LogP contribution in [0.25, 0.3) is 0 Å². The lowest BCUT2D eigenvalue weighted by Gasteiger charge is -2.31. The number of hydrogen-bond acceptors (Lipinski definition) is 4. The fourth-order valence-electron chi connectivity index (χ4n) is 4.39. The fourth-order valence-corrected chi connectivity index (χ4v) is 5.86. The number of nitrogens with zero attached hydrogens (tertiary/aromatic N) is 3. The lowest BCUT2D eigenvalue weighted by atomic mass is 9.96. The van der Waals surface area contributed by atoms with E-state index in [0.29, 0.717) is 36.7 Å². The molecule has 1 aromatic heterocycles.